The Morgan fingerprint density at radius 3 is 2.73 bits per heavy atom. The van der Waals surface area contributed by atoms with E-state index in [0.29, 0.717) is 22.9 Å². The van der Waals surface area contributed by atoms with E-state index in [-0.39, 0.29) is 12.5 Å². The number of nitrogens with one attached hydrogen (secondary N) is 1. The third-order valence-corrected chi connectivity index (χ3v) is 4.46. The average Bonchev–Trinajstić information content (AvgIpc) is 2.66. The van der Waals surface area contributed by atoms with Crippen molar-refractivity contribution in [1.29, 1.82) is 0 Å². The fourth-order valence-corrected chi connectivity index (χ4v) is 3.18. The quantitative estimate of drug-likeness (QED) is 0.831. The predicted octanol–water partition coefficient (Wildman–Crippen LogP) is 3.09. The zero-order valence-electron chi connectivity index (χ0n) is 15.0. The molecule has 0 saturated heterocycles. The molecule has 0 bridgehead atoms. The van der Waals surface area contributed by atoms with Crippen LogP contribution in [-0.4, -0.2) is 31.8 Å². The second kappa shape index (κ2) is 8.10. The maximum atomic E-state index is 12.2. The summed E-state index contributed by atoms with van der Waals surface area (Å²) in [4.78, 5) is 12.2. The van der Waals surface area contributed by atoms with Crippen LogP contribution < -0.4 is 19.5 Å². The van der Waals surface area contributed by atoms with E-state index >= 15 is 0 Å². The van der Waals surface area contributed by atoms with Crippen LogP contribution in [-0.2, 0) is 11.2 Å². The molecule has 0 aromatic heterocycles. The van der Waals surface area contributed by atoms with Gasteiger partial charge in [-0.1, -0.05) is 12.1 Å². The fraction of sp³-hybridized carbons (Fsp3) is 0.350. The molecule has 0 aliphatic heterocycles. The van der Waals surface area contributed by atoms with Crippen LogP contribution in [0.2, 0.25) is 0 Å². The number of hydrogen-bond acceptors (Lipinski definition) is 5. The van der Waals surface area contributed by atoms with Crippen LogP contribution in [0, 0.1) is 0 Å². The highest BCUT2D eigenvalue weighted by Gasteiger charge is 2.21. The molecular weight excluding hydrogens is 334 g/mol. The molecule has 2 N–H and O–H groups in total. The maximum absolute atomic E-state index is 12.2. The van der Waals surface area contributed by atoms with Gasteiger partial charge in [0.1, 0.15) is 5.75 Å². The van der Waals surface area contributed by atoms with E-state index in [9.17, 15) is 9.90 Å². The van der Waals surface area contributed by atoms with Crippen LogP contribution in [0.15, 0.2) is 36.4 Å². The van der Waals surface area contributed by atoms with E-state index in [0.717, 1.165) is 30.4 Å². The van der Waals surface area contributed by atoms with Gasteiger partial charge < -0.3 is 24.6 Å². The smallest absolute Gasteiger partial charge is 0.262 e. The minimum Gasteiger partial charge on any atom is -0.493 e. The number of aliphatic hydroxyl groups excluding tert-OH is 1. The lowest BCUT2D eigenvalue weighted by molar-refractivity contribution is -0.118. The summed E-state index contributed by atoms with van der Waals surface area (Å²) >= 11 is 0. The lowest BCUT2D eigenvalue weighted by atomic mass is 9.89. The molecule has 1 unspecified atom stereocenters. The summed E-state index contributed by atoms with van der Waals surface area (Å²) < 4.78 is 16.1. The molecule has 0 fully saturated rings. The zero-order chi connectivity index (χ0) is 18.5. The summed E-state index contributed by atoms with van der Waals surface area (Å²) in [6.07, 6.45) is 2.06. The summed E-state index contributed by atoms with van der Waals surface area (Å²) in [5.41, 5.74) is 2.49. The first-order chi connectivity index (χ1) is 12.6. The molecule has 1 atom stereocenters. The van der Waals surface area contributed by atoms with Crippen molar-refractivity contribution >= 4 is 11.6 Å². The SMILES string of the molecule is COc1ccc(NC(=O)COc2cccc3c2CCCC3O)cc1OC. The number of anilines is 1. The second-order valence-electron chi connectivity index (χ2n) is 6.14. The summed E-state index contributed by atoms with van der Waals surface area (Å²) in [5, 5.41) is 12.9. The average molecular weight is 357 g/mol. The molecule has 6 nitrogen and oxygen atoms in total. The topological polar surface area (TPSA) is 77.0 Å². The van der Waals surface area contributed by atoms with Gasteiger partial charge in [-0.2, -0.15) is 0 Å². The summed E-state index contributed by atoms with van der Waals surface area (Å²) in [5.74, 6) is 1.52. The monoisotopic (exact) mass is 357 g/mol. The number of methoxy groups -OCH3 is 2. The minimum atomic E-state index is -0.456. The Bertz CT molecular complexity index is 790. The van der Waals surface area contributed by atoms with Gasteiger partial charge in [0, 0.05) is 11.8 Å². The third kappa shape index (κ3) is 3.91. The normalized spacial score (nSPS) is 15.7. The fourth-order valence-electron chi connectivity index (χ4n) is 3.18. The highest BCUT2D eigenvalue weighted by atomic mass is 16.5. The molecular formula is C20H23NO5. The summed E-state index contributed by atoms with van der Waals surface area (Å²) in [7, 11) is 3.10. The number of amides is 1. The molecule has 0 saturated carbocycles. The van der Waals surface area contributed by atoms with Crippen molar-refractivity contribution in [2.24, 2.45) is 0 Å². The van der Waals surface area contributed by atoms with Crippen molar-refractivity contribution in [1.82, 2.24) is 0 Å². The first-order valence-electron chi connectivity index (χ1n) is 8.57. The Labute approximate surface area is 152 Å². The van der Waals surface area contributed by atoms with Crippen LogP contribution in [0.25, 0.3) is 0 Å². The molecule has 26 heavy (non-hydrogen) atoms. The highest BCUT2D eigenvalue weighted by Crippen LogP contribution is 2.35. The molecule has 3 rings (SSSR count). The van der Waals surface area contributed by atoms with Gasteiger partial charge in [0.25, 0.3) is 5.91 Å². The number of benzene rings is 2. The van der Waals surface area contributed by atoms with Crippen LogP contribution >= 0.6 is 0 Å². The van der Waals surface area contributed by atoms with Crippen LogP contribution in [0.3, 0.4) is 0 Å². The Hall–Kier alpha value is -2.73. The van der Waals surface area contributed by atoms with Gasteiger partial charge >= 0.3 is 0 Å². The molecule has 1 aliphatic carbocycles. The van der Waals surface area contributed by atoms with Crippen molar-refractivity contribution in [3.8, 4) is 17.2 Å². The number of hydrogen-bond donors (Lipinski definition) is 2. The van der Waals surface area contributed by atoms with E-state index in [1.807, 2.05) is 18.2 Å². The molecule has 1 aliphatic rings. The predicted molar refractivity (Wildman–Crippen MR) is 98.0 cm³/mol. The van der Waals surface area contributed by atoms with Crippen LogP contribution in [0.5, 0.6) is 17.2 Å². The van der Waals surface area contributed by atoms with Gasteiger partial charge in [-0.25, -0.2) is 0 Å². The molecule has 2 aromatic rings. The largest absolute Gasteiger partial charge is 0.493 e. The third-order valence-electron chi connectivity index (χ3n) is 4.46. The number of aliphatic hydroxyl groups is 1. The number of ether oxygens (including phenoxy) is 3. The lowest BCUT2D eigenvalue weighted by Gasteiger charge is -2.23. The van der Waals surface area contributed by atoms with Crippen molar-refractivity contribution in [2.75, 3.05) is 26.1 Å². The van der Waals surface area contributed by atoms with E-state index in [1.165, 1.54) is 0 Å². The Balaban J connectivity index is 1.64. The van der Waals surface area contributed by atoms with Crippen LogP contribution in [0.1, 0.15) is 30.1 Å². The number of rotatable bonds is 6. The van der Waals surface area contributed by atoms with E-state index in [4.69, 9.17) is 14.2 Å². The number of carbonyl (C=O) groups is 1. The van der Waals surface area contributed by atoms with Gasteiger partial charge in [-0.05, 0) is 48.6 Å². The van der Waals surface area contributed by atoms with Crippen molar-refractivity contribution in [2.45, 2.75) is 25.4 Å². The summed E-state index contributed by atoms with van der Waals surface area (Å²) in [6.45, 7) is -0.110. The molecule has 1 amide bonds. The van der Waals surface area contributed by atoms with Crippen molar-refractivity contribution in [3.63, 3.8) is 0 Å². The number of carbonyl (C=O) groups excluding carboxylic acids is 1. The van der Waals surface area contributed by atoms with Gasteiger partial charge in [-0.15, -0.1) is 0 Å². The molecule has 6 heteroatoms. The summed E-state index contributed by atoms with van der Waals surface area (Å²) in [6, 6.07) is 10.7. The standard InChI is InChI=1S/C20H23NO5/c1-24-18-10-9-13(11-19(18)25-2)21-20(23)12-26-17-8-4-5-14-15(17)6-3-7-16(14)22/h4-5,8-11,16,22H,3,6-7,12H2,1-2H3,(H,21,23). The first kappa shape index (κ1) is 18.1. The zero-order valence-corrected chi connectivity index (χ0v) is 15.0. The van der Waals surface area contributed by atoms with Gasteiger partial charge in [0.2, 0.25) is 0 Å². The minimum absolute atomic E-state index is 0.110. The molecule has 0 heterocycles. The van der Waals surface area contributed by atoms with E-state index in [2.05, 4.69) is 5.32 Å². The Morgan fingerprint density at radius 1 is 1.15 bits per heavy atom. The van der Waals surface area contributed by atoms with Gasteiger partial charge in [0.05, 0.1) is 20.3 Å². The van der Waals surface area contributed by atoms with Gasteiger partial charge in [0.15, 0.2) is 18.1 Å². The van der Waals surface area contributed by atoms with Gasteiger partial charge in [-0.3, -0.25) is 4.79 Å². The lowest BCUT2D eigenvalue weighted by Crippen LogP contribution is -2.21. The number of fused-ring (bicyclic) bond motifs is 1. The van der Waals surface area contributed by atoms with E-state index in [1.54, 1.807) is 32.4 Å². The molecule has 138 valence electrons. The van der Waals surface area contributed by atoms with Crippen molar-refractivity contribution in [3.05, 3.63) is 47.5 Å². The molecule has 0 radical (unpaired) electrons. The molecule has 2 aromatic carbocycles. The Morgan fingerprint density at radius 2 is 1.96 bits per heavy atom. The highest BCUT2D eigenvalue weighted by molar-refractivity contribution is 5.92. The maximum Gasteiger partial charge on any atom is 0.262 e. The van der Waals surface area contributed by atoms with E-state index < -0.39 is 6.10 Å². The molecule has 0 spiro atoms. The Kier molecular flexibility index (Phi) is 5.63. The first-order valence-corrected chi connectivity index (χ1v) is 8.57. The van der Waals surface area contributed by atoms with Crippen molar-refractivity contribution < 1.29 is 24.1 Å². The second-order valence-corrected chi connectivity index (χ2v) is 6.14. The van der Waals surface area contributed by atoms with Crippen LogP contribution in [0.4, 0.5) is 5.69 Å².